The average Bonchev–Trinajstić information content (AvgIpc) is 2.67. The Kier molecular flexibility index (Phi) is 5.85. The van der Waals surface area contributed by atoms with Crippen LogP contribution in [-0.2, 0) is 37.8 Å². The Bertz CT molecular complexity index is 1190. The smallest absolute Gasteiger partial charge is 0.420 e. The monoisotopic (exact) mass is 461 g/mol. The van der Waals surface area contributed by atoms with Gasteiger partial charge < -0.3 is 4.74 Å². The molecule has 8 nitrogen and oxygen atoms in total. The van der Waals surface area contributed by atoms with E-state index >= 15 is 0 Å². The number of carbonyl (C=O) groups is 1. The number of fused-ring (bicyclic) bond motifs is 1. The van der Waals surface area contributed by atoms with E-state index in [4.69, 9.17) is 4.55 Å². The molecule has 0 saturated carbocycles. The molecule has 2 aromatic carbocycles. The van der Waals surface area contributed by atoms with Gasteiger partial charge in [0.2, 0.25) is 0 Å². The summed E-state index contributed by atoms with van der Waals surface area (Å²) in [5.41, 5.74) is 2.13. The Morgan fingerprint density at radius 3 is 2.37 bits per heavy atom. The molecule has 12 heteroatoms. The van der Waals surface area contributed by atoms with Crippen LogP contribution in [0.3, 0.4) is 0 Å². The highest BCUT2D eigenvalue weighted by Crippen LogP contribution is 2.32. The minimum atomic E-state index is -6.10. The Morgan fingerprint density at radius 1 is 1.00 bits per heavy atom. The first-order valence-electron chi connectivity index (χ1n) is 8.73. The summed E-state index contributed by atoms with van der Waals surface area (Å²) < 4.78 is 89.4. The summed E-state index contributed by atoms with van der Waals surface area (Å²) in [7, 11) is -10.5. The van der Waals surface area contributed by atoms with Gasteiger partial charge in [0.15, 0.2) is 5.75 Å². The number of esters is 1. The van der Waals surface area contributed by atoms with Crippen molar-refractivity contribution in [2.45, 2.75) is 35.8 Å². The van der Waals surface area contributed by atoms with E-state index < -0.39 is 42.0 Å². The van der Waals surface area contributed by atoms with E-state index in [-0.39, 0.29) is 0 Å². The highest BCUT2D eigenvalue weighted by Gasteiger charge is 2.54. The van der Waals surface area contributed by atoms with Crippen molar-refractivity contribution < 1.29 is 39.7 Å². The maximum Gasteiger partial charge on any atom is 0.466 e. The van der Waals surface area contributed by atoms with Gasteiger partial charge in [-0.3, -0.25) is 9.27 Å². The summed E-state index contributed by atoms with van der Waals surface area (Å²) in [5, 5.41) is -5.27. The molecule has 2 aromatic rings. The van der Waals surface area contributed by atoms with Crippen molar-refractivity contribution in [1.29, 1.82) is 0 Å². The lowest BCUT2D eigenvalue weighted by Crippen LogP contribution is -2.40. The van der Waals surface area contributed by atoms with E-state index in [0.717, 1.165) is 42.5 Å². The number of sulfonamides is 1. The number of hydrogen-bond acceptors (Lipinski definition) is 6. The molecule has 0 aromatic heterocycles. The Hall–Kier alpha value is -2.57. The second kappa shape index (κ2) is 7.93. The van der Waals surface area contributed by atoms with Crippen molar-refractivity contribution in [3.63, 3.8) is 0 Å². The lowest BCUT2D eigenvalue weighted by molar-refractivity contribution is -0.151. The fourth-order valence-electron chi connectivity index (χ4n) is 3.10. The zero-order chi connectivity index (χ0) is 22.2. The molecule has 1 aliphatic rings. The molecular weight excluding hydrogens is 444 g/mol. The number of ether oxygens (including phenoxy) is 1. The number of para-hydroxylation sites is 1. The van der Waals surface area contributed by atoms with Crippen LogP contribution >= 0.6 is 0 Å². The molecule has 3 rings (SSSR count). The molecule has 0 aliphatic heterocycles. The minimum Gasteiger partial charge on any atom is -0.420 e. The summed E-state index contributed by atoms with van der Waals surface area (Å²) >= 11 is 0. The molecule has 0 unspecified atom stereocenters. The fourth-order valence-corrected chi connectivity index (χ4v) is 4.57. The van der Waals surface area contributed by atoms with E-state index in [1.54, 1.807) is 12.1 Å². The molecule has 0 radical (unpaired) electrons. The van der Waals surface area contributed by atoms with Crippen molar-refractivity contribution >= 4 is 31.8 Å². The van der Waals surface area contributed by atoms with Crippen LogP contribution in [-0.4, -0.2) is 32.6 Å². The maximum atomic E-state index is 13.5. The standard InChI is InChI=1S/C18H17F2NO7S2/c19-18(20,30(25,26)27)17(22)28-15-10-3-4-11-16(15)29(23,24)21-14-9-5-7-12-6-1-2-8-13(12)14/h3-5,7,9-11,21H,1-2,6,8H2,(H,25,26,27). The van der Waals surface area contributed by atoms with Gasteiger partial charge in [-0.15, -0.1) is 0 Å². The van der Waals surface area contributed by atoms with Crippen molar-refractivity contribution in [3.8, 4) is 5.75 Å². The predicted octanol–water partition coefficient (Wildman–Crippen LogP) is 2.75. The SMILES string of the molecule is O=C(Oc1ccccc1S(=O)(=O)Nc1cccc2c1CCCC2)C(F)(F)S(=O)(=O)O. The third-order valence-electron chi connectivity index (χ3n) is 4.54. The van der Waals surface area contributed by atoms with Crippen LogP contribution in [0.1, 0.15) is 24.0 Å². The van der Waals surface area contributed by atoms with Gasteiger partial charge in [0.05, 0.1) is 5.69 Å². The van der Waals surface area contributed by atoms with Gasteiger partial charge in [-0.25, -0.2) is 13.2 Å². The summed E-state index contributed by atoms with van der Waals surface area (Å²) in [6.45, 7) is 0. The summed E-state index contributed by atoms with van der Waals surface area (Å²) in [4.78, 5) is 10.9. The van der Waals surface area contributed by atoms with Crippen molar-refractivity contribution in [2.24, 2.45) is 0 Å². The molecule has 30 heavy (non-hydrogen) atoms. The van der Waals surface area contributed by atoms with E-state index in [1.807, 2.05) is 6.07 Å². The quantitative estimate of drug-likeness (QED) is 0.385. The number of anilines is 1. The number of halogens is 2. The van der Waals surface area contributed by atoms with Crippen LogP contribution in [0.4, 0.5) is 14.5 Å². The third-order valence-corrected chi connectivity index (χ3v) is 6.76. The van der Waals surface area contributed by atoms with Gasteiger partial charge in [0.25, 0.3) is 10.0 Å². The average molecular weight is 461 g/mol. The van der Waals surface area contributed by atoms with Crippen LogP contribution in [0.2, 0.25) is 0 Å². The van der Waals surface area contributed by atoms with Crippen molar-refractivity contribution in [2.75, 3.05) is 4.72 Å². The van der Waals surface area contributed by atoms with Crippen LogP contribution in [0.15, 0.2) is 47.4 Å². The van der Waals surface area contributed by atoms with E-state index in [9.17, 15) is 30.4 Å². The zero-order valence-corrected chi connectivity index (χ0v) is 17.0. The number of benzene rings is 2. The normalized spacial score (nSPS) is 14.6. The number of alkyl halides is 2. The first kappa shape index (κ1) is 22.1. The molecule has 0 atom stereocenters. The number of nitrogens with one attached hydrogen (secondary N) is 1. The number of hydrogen-bond donors (Lipinski definition) is 2. The lowest BCUT2D eigenvalue weighted by atomic mass is 9.91. The van der Waals surface area contributed by atoms with Gasteiger partial charge >= 0.3 is 21.3 Å². The van der Waals surface area contributed by atoms with Gasteiger partial charge in [0.1, 0.15) is 4.90 Å². The highest BCUT2D eigenvalue weighted by molar-refractivity contribution is 7.92. The zero-order valence-electron chi connectivity index (χ0n) is 15.3. The van der Waals surface area contributed by atoms with Crippen LogP contribution in [0, 0.1) is 0 Å². The first-order valence-corrected chi connectivity index (χ1v) is 11.7. The predicted molar refractivity (Wildman–Crippen MR) is 102 cm³/mol. The van der Waals surface area contributed by atoms with Crippen LogP contribution in [0.5, 0.6) is 5.75 Å². The van der Waals surface area contributed by atoms with Gasteiger partial charge in [-0.2, -0.15) is 17.2 Å². The van der Waals surface area contributed by atoms with Crippen LogP contribution < -0.4 is 9.46 Å². The summed E-state index contributed by atoms with van der Waals surface area (Å²) in [6, 6.07) is 9.52. The second-order valence-corrected chi connectivity index (χ2v) is 9.70. The van der Waals surface area contributed by atoms with E-state index in [2.05, 4.69) is 9.46 Å². The number of rotatable bonds is 6. The minimum absolute atomic E-state index is 0.316. The summed E-state index contributed by atoms with van der Waals surface area (Å²) in [6.07, 6.45) is 3.31. The van der Waals surface area contributed by atoms with Gasteiger partial charge in [-0.1, -0.05) is 24.3 Å². The van der Waals surface area contributed by atoms with Gasteiger partial charge in [-0.05, 0) is 55.0 Å². The molecule has 0 saturated heterocycles. The highest BCUT2D eigenvalue weighted by atomic mass is 32.2. The van der Waals surface area contributed by atoms with Gasteiger partial charge in [0, 0.05) is 0 Å². The Labute approximate surface area is 171 Å². The molecule has 0 amide bonds. The maximum absolute atomic E-state index is 13.5. The molecule has 1 aliphatic carbocycles. The number of aryl methyl sites for hydroxylation is 1. The lowest BCUT2D eigenvalue weighted by Gasteiger charge is -2.20. The second-order valence-electron chi connectivity index (χ2n) is 6.58. The molecular formula is C18H17F2NO7S2. The molecule has 162 valence electrons. The summed E-state index contributed by atoms with van der Waals surface area (Å²) in [5.74, 6) is -3.45. The largest absolute Gasteiger partial charge is 0.466 e. The van der Waals surface area contributed by atoms with E-state index in [0.29, 0.717) is 12.1 Å². The Balaban J connectivity index is 1.95. The van der Waals surface area contributed by atoms with Crippen LogP contribution in [0.25, 0.3) is 0 Å². The molecule has 0 spiro atoms. The first-order chi connectivity index (χ1) is 13.9. The molecule has 0 fully saturated rings. The van der Waals surface area contributed by atoms with Crippen molar-refractivity contribution in [3.05, 3.63) is 53.6 Å². The topological polar surface area (TPSA) is 127 Å². The van der Waals surface area contributed by atoms with Crippen molar-refractivity contribution in [1.82, 2.24) is 0 Å². The van der Waals surface area contributed by atoms with E-state index in [1.165, 1.54) is 12.1 Å². The molecule has 0 heterocycles. The third kappa shape index (κ3) is 4.30. The fraction of sp³-hybridized carbons (Fsp3) is 0.278. The molecule has 2 N–H and O–H groups in total. The number of carbonyl (C=O) groups excluding carboxylic acids is 1. The molecule has 0 bridgehead atoms. The Morgan fingerprint density at radius 2 is 1.67 bits per heavy atom.